The molecule has 0 radical (unpaired) electrons. The molecule has 4 nitrogen and oxygen atoms in total. The van der Waals surface area contributed by atoms with Crippen LogP contribution in [0.3, 0.4) is 0 Å². The first kappa shape index (κ1) is 14.1. The smallest absolute Gasteiger partial charge is 0.143 e. The lowest BCUT2D eigenvalue weighted by molar-refractivity contribution is 0.0727. The summed E-state index contributed by atoms with van der Waals surface area (Å²) in [4.78, 5) is 0. The van der Waals surface area contributed by atoms with Gasteiger partial charge in [0.25, 0.3) is 0 Å². The second-order valence-corrected chi connectivity index (χ2v) is 4.20. The van der Waals surface area contributed by atoms with Crippen LogP contribution in [0.1, 0.15) is 5.56 Å². The van der Waals surface area contributed by atoms with E-state index in [1.165, 1.54) is 0 Å². The molecule has 5 heteroatoms. The number of halogens is 1. The molecule has 0 fully saturated rings. The van der Waals surface area contributed by atoms with Gasteiger partial charge in [-0.15, -0.1) is 0 Å². The zero-order valence-corrected chi connectivity index (χ0v) is 11.0. The molecular formula is C12H18ClNO3. The van der Waals surface area contributed by atoms with Gasteiger partial charge in [0.2, 0.25) is 0 Å². The highest BCUT2D eigenvalue weighted by Crippen LogP contribution is 2.30. The molecule has 1 unspecified atom stereocenters. The van der Waals surface area contributed by atoms with Gasteiger partial charge in [0, 0.05) is 24.7 Å². The third-order valence-corrected chi connectivity index (χ3v) is 2.78. The lowest BCUT2D eigenvalue weighted by atomic mass is 10.2. The highest BCUT2D eigenvalue weighted by Gasteiger charge is 2.09. The number of anilines is 1. The topological polar surface area (TPSA) is 50.7 Å². The molecule has 1 rings (SSSR count). The molecule has 0 aliphatic carbocycles. The van der Waals surface area contributed by atoms with Crippen LogP contribution in [0, 0.1) is 6.92 Å². The van der Waals surface area contributed by atoms with Crippen LogP contribution in [0.25, 0.3) is 0 Å². The van der Waals surface area contributed by atoms with Gasteiger partial charge in [0.05, 0.1) is 25.5 Å². The summed E-state index contributed by atoms with van der Waals surface area (Å²) in [5.74, 6) is 0.658. The summed E-state index contributed by atoms with van der Waals surface area (Å²) < 4.78 is 10.1. The maximum atomic E-state index is 9.54. The Balaban J connectivity index is 2.72. The van der Waals surface area contributed by atoms with E-state index in [4.69, 9.17) is 21.1 Å². The number of methoxy groups -OCH3 is 2. The van der Waals surface area contributed by atoms with Gasteiger partial charge in [0.1, 0.15) is 5.75 Å². The van der Waals surface area contributed by atoms with Crippen LogP contribution in [-0.2, 0) is 4.74 Å². The van der Waals surface area contributed by atoms with E-state index < -0.39 is 6.10 Å². The number of aliphatic hydroxyl groups excluding tert-OH is 1. The molecule has 2 N–H and O–H groups in total. The van der Waals surface area contributed by atoms with Crippen molar-refractivity contribution in [3.8, 4) is 5.75 Å². The summed E-state index contributed by atoms with van der Waals surface area (Å²) in [6.45, 7) is 2.60. The van der Waals surface area contributed by atoms with Crippen LogP contribution in [0.2, 0.25) is 5.02 Å². The summed E-state index contributed by atoms with van der Waals surface area (Å²) in [7, 11) is 3.13. The van der Waals surface area contributed by atoms with Crippen molar-refractivity contribution in [2.75, 3.05) is 32.7 Å². The number of nitrogens with one attached hydrogen (secondary N) is 1. The van der Waals surface area contributed by atoms with Crippen molar-refractivity contribution >= 4 is 17.3 Å². The third-order valence-electron chi connectivity index (χ3n) is 2.37. The first-order chi connectivity index (χ1) is 8.08. The van der Waals surface area contributed by atoms with E-state index in [1.54, 1.807) is 20.3 Å². The van der Waals surface area contributed by atoms with Gasteiger partial charge in [-0.25, -0.2) is 0 Å². The van der Waals surface area contributed by atoms with Crippen molar-refractivity contribution in [2.45, 2.75) is 13.0 Å². The minimum atomic E-state index is -0.555. The molecule has 0 aliphatic rings. The second-order valence-electron chi connectivity index (χ2n) is 3.79. The molecule has 1 aromatic rings. The van der Waals surface area contributed by atoms with E-state index in [1.807, 2.05) is 13.0 Å². The standard InChI is InChI=1S/C12H18ClNO3/c1-8-4-11(12(17-3)5-10(8)13)14-6-9(15)7-16-2/h4-5,9,14-15H,6-7H2,1-3H3. The average molecular weight is 260 g/mol. The number of ether oxygens (including phenoxy) is 2. The van der Waals surface area contributed by atoms with E-state index >= 15 is 0 Å². The predicted molar refractivity (Wildman–Crippen MR) is 69.1 cm³/mol. The van der Waals surface area contributed by atoms with Crippen LogP contribution in [-0.4, -0.2) is 38.6 Å². The van der Waals surface area contributed by atoms with Crippen molar-refractivity contribution in [3.05, 3.63) is 22.7 Å². The van der Waals surface area contributed by atoms with Gasteiger partial charge >= 0.3 is 0 Å². The Kier molecular flexibility index (Phi) is 5.55. The maximum absolute atomic E-state index is 9.54. The molecule has 1 atom stereocenters. The lowest BCUT2D eigenvalue weighted by Crippen LogP contribution is -2.24. The predicted octanol–water partition coefficient (Wildman–Crippen LogP) is 2.08. The first-order valence-corrected chi connectivity index (χ1v) is 5.71. The van der Waals surface area contributed by atoms with Crippen LogP contribution in [0.5, 0.6) is 5.75 Å². The molecule has 0 heterocycles. The zero-order chi connectivity index (χ0) is 12.8. The number of rotatable bonds is 6. The third kappa shape index (κ3) is 4.07. The van der Waals surface area contributed by atoms with Gasteiger partial charge in [-0.1, -0.05) is 11.6 Å². The molecule has 17 heavy (non-hydrogen) atoms. The molecule has 0 bridgehead atoms. The first-order valence-electron chi connectivity index (χ1n) is 5.33. The number of hydrogen-bond acceptors (Lipinski definition) is 4. The van der Waals surface area contributed by atoms with Crippen molar-refractivity contribution in [2.24, 2.45) is 0 Å². The van der Waals surface area contributed by atoms with Crippen molar-refractivity contribution in [1.29, 1.82) is 0 Å². The highest BCUT2D eigenvalue weighted by molar-refractivity contribution is 6.31. The van der Waals surface area contributed by atoms with E-state index in [0.717, 1.165) is 11.3 Å². The van der Waals surface area contributed by atoms with Crippen molar-refractivity contribution in [1.82, 2.24) is 0 Å². The molecule has 0 saturated carbocycles. The quantitative estimate of drug-likeness (QED) is 0.821. The number of aryl methyl sites for hydroxylation is 1. The Morgan fingerprint density at radius 2 is 2.12 bits per heavy atom. The summed E-state index contributed by atoms with van der Waals surface area (Å²) in [5, 5.41) is 13.3. The van der Waals surface area contributed by atoms with E-state index in [-0.39, 0.29) is 0 Å². The van der Waals surface area contributed by atoms with Gasteiger partial charge < -0.3 is 19.9 Å². The molecule has 1 aromatic carbocycles. The van der Waals surface area contributed by atoms with E-state index in [9.17, 15) is 5.11 Å². The molecule has 0 aromatic heterocycles. The summed E-state index contributed by atoms with van der Waals surface area (Å²) in [6, 6.07) is 3.64. The number of benzene rings is 1. The average Bonchev–Trinajstić information content (AvgIpc) is 2.30. The maximum Gasteiger partial charge on any atom is 0.143 e. The highest BCUT2D eigenvalue weighted by atomic mass is 35.5. The monoisotopic (exact) mass is 259 g/mol. The Morgan fingerprint density at radius 3 is 2.71 bits per heavy atom. The lowest BCUT2D eigenvalue weighted by Gasteiger charge is -2.15. The fourth-order valence-corrected chi connectivity index (χ4v) is 1.60. The van der Waals surface area contributed by atoms with E-state index in [2.05, 4.69) is 5.32 Å². The Bertz CT molecular complexity index is 371. The van der Waals surface area contributed by atoms with Crippen LogP contribution in [0.4, 0.5) is 5.69 Å². The minimum absolute atomic E-state index is 0.294. The van der Waals surface area contributed by atoms with Crippen LogP contribution >= 0.6 is 11.6 Å². The summed E-state index contributed by atoms with van der Waals surface area (Å²) in [6.07, 6.45) is -0.555. The normalized spacial score (nSPS) is 12.3. The SMILES string of the molecule is COCC(O)CNc1cc(C)c(Cl)cc1OC. The Labute approximate surface area is 106 Å². The second kappa shape index (κ2) is 6.69. The minimum Gasteiger partial charge on any atom is -0.495 e. The van der Waals surface area contributed by atoms with Gasteiger partial charge in [-0.2, -0.15) is 0 Å². The molecule has 0 saturated heterocycles. The molecular weight excluding hydrogens is 242 g/mol. The number of hydrogen-bond donors (Lipinski definition) is 2. The fraction of sp³-hybridized carbons (Fsp3) is 0.500. The van der Waals surface area contributed by atoms with Crippen LogP contribution in [0.15, 0.2) is 12.1 Å². The number of aliphatic hydroxyl groups is 1. The molecule has 0 aliphatic heterocycles. The van der Waals surface area contributed by atoms with E-state index in [0.29, 0.717) is 23.9 Å². The largest absolute Gasteiger partial charge is 0.495 e. The van der Waals surface area contributed by atoms with Crippen LogP contribution < -0.4 is 10.1 Å². The molecule has 0 spiro atoms. The molecule has 0 amide bonds. The Morgan fingerprint density at radius 1 is 1.41 bits per heavy atom. The van der Waals surface area contributed by atoms with Gasteiger partial charge in [-0.05, 0) is 18.6 Å². The van der Waals surface area contributed by atoms with Crippen molar-refractivity contribution < 1.29 is 14.6 Å². The summed E-state index contributed by atoms with van der Waals surface area (Å²) >= 11 is 6.00. The Hall–Kier alpha value is -0.970. The van der Waals surface area contributed by atoms with Gasteiger partial charge in [-0.3, -0.25) is 0 Å². The molecule has 96 valence electrons. The van der Waals surface area contributed by atoms with Crippen molar-refractivity contribution in [3.63, 3.8) is 0 Å². The van der Waals surface area contributed by atoms with Gasteiger partial charge in [0.15, 0.2) is 0 Å². The summed E-state index contributed by atoms with van der Waals surface area (Å²) in [5.41, 5.74) is 1.76. The zero-order valence-electron chi connectivity index (χ0n) is 10.3. The fourth-order valence-electron chi connectivity index (χ4n) is 1.45.